The summed E-state index contributed by atoms with van der Waals surface area (Å²) in [6, 6.07) is 18.9. The number of nitrogens with zero attached hydrogens (tertiary/aromatic N) is 2. The van der Waals surface area contributed by atoms with Gasteiger partial charge in [0.25, 0.3) is 11.5 Å². The van der Waals surface area contributed by atoms with Gasteiger partial charge >= 0.3 is 18.3 Å². The molecule has 0 radical (unpaired) electrons. The Bertz CT molecular complexity index is 1320. The number of aliphatic carboxylic acids is 1. The highest BCUT2D eigenvalue weighted by atomic mass is 19.4. The molecule has 2 atom stereocenters. The number of quaternary nitrogens is 1. The van der Waals surface area contributed by atoms with Crippen LogP contribution in [0.5, 0.6) is 0 Å². The Kier molecular flexibility index (Phi) is 11.5. The number of ether oxygens (including phenoxy) is 3. The molecule has 10 nitrogen and oxygen atoms in total. The molecular weight excluding hydrogens is 621 g/mol. The molecule has 13 heteroatoms. The SMILES string of the molecule is CCN(CC)C(=O)COC(=O)OC(C(=O)OC1CC2CCC(C1)[N+]21CCCC1)(c1ccccc1)c1ccccc1.O=C([O-])C(F)(F)F. The molecule has 1 spiro atoms. The minimum absolute atomic E-state index is 0.245. The first-order valence-electron chi connectivity index (χ1n) is 16.0. The number of alkyl halides is 3. The number of likely N-dealkylation sites (N-methyl/N-ethyl adjacent to an activating group) is 1. The van der Waals surface area contributed by atoms with Gasteiger partial charge in [-0.3, -0.25) is 4.79 Å². The molecule has 0 N–H and O–H groups in total. The van der Waals surface area contributed by atoms with Crippen molar-refractivity contribution < 1.29 is 56.1 Å². The van der Waals surface area contributed by atoms with Crippen molar-refractivity contribution in [3.8, 4) is 0 Å². The van der Waals surface area contributed by atoms with Gasteiger partial charge in [-0.15, -0.1) is 0 Å². The van der Waals surface area contributed by atoms with Crippen LogP contribution in [0.1, 0.15) is 63.5 Å². The molecule has 2 aromatic carbocycles. The lowest BCUT2D eigenvalue weighted by Gasteiger charge is -2.47. The molecule has 0 saturated carbocycles. The highest BCUT2D eigenvalue weighted by molar-refractivity contribution is 5.88. The van der Waals surface area contributed by atoms with Gasteiger partial charge in [-0.1, -0.05) is 60.7 Å². The topological polar surface area (TPSA) is 122 Å². The van der Waals surface area contributed by atoms with Crippen molar-refractivity contribution in [1.82, 2.24) is 4.90 Å². The fourth-order valence-electron chi connectivity index (χ4n) is 7.39. The number of carbonyl (C=O) groups is 4. The average molecular weight is 663 g/mol. The van der Waals surface area contributed by atoms with Crippen molar-refractivity contribution in [2.45, 2.75) is 82.3 Å². The molecule has 0 aromatic heterocycles. The zero-order valence-electron chi connectivity index (χ0n) is 26.6. The zero-order valence-corrected chi connectivity index (χ0v) is 26.6. The van der Waals surface area contributed by atoms with Crippen LogP contribution < -0.4 is 5.11 Å². The normalized spacial score (nSPS) is 21.3. The number of carbonyl (C=O) groups excluding carboxylic acids is 4. The smallest absolute Gasteiger partial charge is 0.510 e. The molecule has 2 unspecified atom stereocenters. The third kappa shape index (κ3) is 7.89. The van der Waals surface area contributed by atoms with Crippen molar-refractivity contribution in [3.63, 3.8) is 0 Å². The molecule has 3 aliphatic heterocycles. The van der Waals surface area contributed by atoms with Gasteiger partial charge in [0.15, 0.2) is 6.61 Å². The molecule has 3 fully saturated rings. The predicted octanol–water partition coefficient (Wildman–Crippen LogP) is 4.10. The summed E-state index contributed by atoms with van der Waals surface area (Å²) in [5.41, 5.74) is -0.964. The van der Waals surface area contributed by atoms with Gasteiger partial charge in [0, 0.05) is 62.7 Å². The fraction of sp³-hybridized carbons (Fsp3) is 0.529. The molecule has 256 valence electrons. The van der Waals surface area contributed by atoms with E-state index in [2.05, 4.69) is 0 Å². The van der Waals surface area contributed by atoms with Crippen LogP contribution in [0.25, 0.3) is 0 Å². The van der Waals surface area contributed by atoms with E-state index >= 15 is 0 Å². The van der Waals surface area contributed by atoms with E-state index in [-0.39, 0.29) is 12.0 Å². The van der Waals surface area contributed by atoms with E-state index in [0.29, 0.717) is 36.3 Å². The number of carboxylic acids is 1. The van der Waals surface area contributed by atoms with E-state index in [1.807, 2.05) is 26.0 Å². The lowest BCUT2D eigenvalue weighted by molar-refractivity contribution is -0.956. The molecule has 2 aromatic rings. The van der Waals surface area contributed by atoms with Gasteiger partial charge in [-0.25, -0.2) is 9.59 Å². The number of amides is 1. The maximum absolute atomic E-state index is 14.3. The van der Waals surface area contributed by atoms with Crippen LogP contribution in [-0.4, -0.2) is 90.5 Å². The van der Waals surface area contributed by atoms with Crippen LogP contribution in [0.15, 0.2) is 60.7 Å². The Morgan fingerprint density at radius 3 is 1.74 bits per heavy atom. The minimum Gasteiger partial charge on any atom is -0.542 e. The maximum atomic E-state index is 14.3. The van der Waals surface area contributed by atoms with Crippen LogP contribution in [0, 0.1) is 0 Å². The summed E-state index contributed by atoms with van der Waals surface area (Å²) in [6.45, 7) is 6.71. The van der Waals surface area contributed by atoms with Crippen LogP contribution >= 0.6 is 0 Å². The number of hydrogen-bond donors (Lipinski definition) is 0. The number of hydrogen-bond acceptors (Lipinski definition) is 8. The van der Waals surface area contributed by atoms with E-state index in [1.165, 1.54) is 43.3 Å². The standard InChI is InChI=1S/C32H41N2O6.C2HF3O2/c1-3-33(4-2)29(35)23-38-31(37)40-32(24-13-7-5-8-14-24,25-15-9-6-10-16-25)30(36)39-28-21-26-17-18-27(22-28)34(26)19-11-12-20-34;3-2(4,5)1(6)7/h5-10,13-16,26-28H,3-4,11-12,17-23H2,1-2H3;(H,6,7)/q+1;/p-1. The highest BCUT2D eigenvalue weighted by Crippen LogP contribution is 2.47. The summed E-state index contributed by atoms with van der Waals surface area (Å²) in [7, 11) is 0. The predicted molar refractivity (Wildman–Crippen MR) is 160 cm³/mol. The highest BCUT2D eigenvalue weighted by Gasteiger charge is 2.57. The van der Waals surface area contributed by atoms with Crippen molar-refractivity contribution in [2.75, 3.05) is 32.8 Å². The number of piperidine rings is 1. The molecule has 2 bridgehead atoms. The van der Waals surface area contributed by atoms with Gasteiger partial charge in [-0.2, -0.15) is 13.2 Å². The molecule has 0 aliphatic carbocycles. The second-order valence-corrected chi connectivity index (χ2v) is 12.0. The largest absolute Gasteiger partial charge is 0.542 e. The molecule has 47 heavy (non-hydrogen) atoms. The summed E-state index contributed by atoms with van der Waals surface area (Å²) in [6.07, 6.45) is -0.00424. The first-order chi connectivity index (χ1) is 22.4. The Hall–Kier alpha value is -4.13. The Balaban J connectivity index is 0.000000644. The molecule has 5 rings (SSSR count). The number of halogens is 3. The van der Waals surface area contributed by atoms with Gasteiger partial charge in [-0.05, 0) is 13.8 Å². The van der Waals surface area contributed by atoms with Crippen molar-refractivity contribution in [3.05, 3.63) is 71.8 Å². The summed E-state index contributed by atoms with van der Waals surface area (Å²) in [5, 5.41) is 8.78. The monoisotopic (exact) mass is 662 g/mol. The third-order valence-electron chi connectivity index (χ3n) is 9.58. The van der Waals surface area contributed by atoms with E-state index in [0.717, 1.165) is 12.8 Å². The summed E-state index contributed by atoms with van der Waals surface area (Å²) in [5.74, 6) is -3.98. The first kappa shape index (κ1) is 35.7. The van der Waals surface area contributed by atoms with Crippen LogP contribution in [0.4, 0.5) is 18.0 Å². The van der Waals surface area contributed by atoms with Gasteiger partial charge in [0.05, 0.1) is 25.2 Å². The lowest BCUT2D eigenvalue weighted by atomic mass is 9.85. The Morgan fingerprint density at radius 2 is 1.32 bits per heavy atom. The summed E-state index contributed by atoms with van der Waals surface area (Å²) < 4.78 is 50.3. The van der Waals surface area contributed by atoms with Gasteiger partial charge < -0.3 is 33.5 Å². The Labute approximate surface area is 272 Å². The number of rotatable bonds is 9. The second kappa shape index (κ2) is 15.2. The molecular formula is C34H41F3N2O8. The summed E-state index contributed by atoms with van der Waals surface area (Å²) in [4.78, 5) is 50.3. The summed E-state index contributed by atoms with van der Waals surface area (Å²) >= 11 is 0. The average Bonchev–Trinajstić information content (AvgIpc) is 3.60. The molecule has 1 amide bonds. The van der Waals surface area contributed by atoms with Crippen LogP contribution in [-0.2, 0) is 34.2 Å². The second-order valence-electron chi connectivity index (χ2n) is 12.0. The van der Waals surface area contributed by atoms with Crippen molar-refractivity contribution in [2.24, 2.45) is 0 Å². The first-order valence-corrected chi connectivity index (χ1v) is 16.0. The van der Waals surface area contributed by atoms with Crippen molar-refractivity contribution >= 4 is 24.0 Å². The number of carboxylic acid groups (broad SMARTS) is 1. The van der Waals surface area contributed by atoms with Gasteiger partial charge in [0.2, 0.25) is 0 Å². The van der Waals surface area contributed by atoms with E-state index in [9.17, 15) is 27.6 Å². The number of benzene rings is 2. The fourth-order valence-corrected chi connectivity index (χ4v) is 7.39. The molecule has 3 saturated heterocycles. The molecule has 3 aliphatic rings. The number of esters is 1. The van der Waals surface area contributed by atoms with E-state index in [1.54, 1.807) is 53.4 Å². The van der Waals surface area contributed by atoms with Crippen molar-refractivity contribution in [1.29, 1.82) is 0 Å². The van der Waals surface area contributed by atoms with Crippen LogP contribution in [0.3, 0.4) is 0 Å². The minimum atomic E-state index is -5.19. The van der Waals surface area contributed by atoms with Crippen LogP contribution in [0.2, 0.25) is 0 Å². The lowest BCUT2D eigenvalue weighted by Crippen LogP contribution is -2.60. The van der Waals surface area contributed by atoms with E-state index in [4.69, 9.17) is 24.1 Å². The van der Waals surface area contributed by atoms with E-state index < -0.39 is 36.5 Å². The van der Waals surface area contributed by atoms with Gasteiger partial charge in [0.1, 0.15) is 12.1 Å². The zero-order chi connectivity index (χ0) is 34.2. The quantitative estimate of drug-likeness (QED) is 0.291. The Morgan fingerprint density at radius 1 is 0.851 bits per heavy atom. The maximum Gasteiger partial charge on any atom is 0.510 e. The molecule has 3 heterocycles. The third-order valence-corrected chi connectivity index (χ3v) is 9.58.